The van der Waals surface area contributed by atoms with E-state index in [1.54, 1.807) is 24.3 Å². The van der Waals surface area contributed by atoms with Crippen LogP contribution in [0.1, 0.15) is 20.3 Å². The summed E-state index contributed by atoms with van der Waals surface area (Å²) in [5.74, 6) is 0.465. The fourth-order valence-corrected chi connectivity index (χ4v) is 2.66. The third-order valence-corrected chi connectivity index (χ3v) is 4.35. The van der Waals surface area contributed by atoms with Gasteiger partial charge in [-0.25, -0.2) is 13.1 Å². The predicted octanol–water partition coefficient (Wildman–Crippen LogP) is 0.976. The molecule has 1 aromatic carbocycles. The van der Waals surface area contributed by atoms with Crippen molar-refractivity contribution in [1.82, 2.24) is 4.72 Å². The number of rotatable bonds is 9. The van der Waals surface area contributed by atoms with Gasteiger partial charge in [-0.05, 0) is 36.1 Å². The summed E-state index contributed by atoms with van der Waals surface area (Å²) >= 11 is 0. The first-order valence-corrected chi connectivity index (χ1v) is 8.46. The Morgan fingerprint density at radius 1 is 1.29 bits per heavy atom. The number of aliphatic hydroxyl groups excluding tert-OH is 1. The van der Waals surface area contributed by atoms with Crippen molar-refractivity contribution in [3.05, 3.63) is 24.3 Å². The number of ether oxygens (including phenoxy) is 1. The summed E-state index contributed by atoms with van der Waals surface area (Å²) in [5.41, 5.74) is 5.90. The van der Waals surface area contributed by atoms with E-state index in [1.807, 2.05) is 13.8 Å². The average Bonchev–Trinajstić information content (AvgIpc) is 2.39. The van der Waals surface area contributed by atoms with Crippen LogP contribution >= 0.6 is 0 Å². The standard InChI is InChI=1S/C14H24N2O4S/c1-14(2,7-8-17)11-16-21(18,19)10-9-20-13-5-3-12(15)4-6-13/h3-6,16-17H,7-11,15H2,1-2H3. The minimum absolute atomic E-state index is 0.0367. The van der Waals surface area contributed by atoms with Crippen molar-refractivity contribution in [2.45, 2.75) is 20.3 Å². The third-order valence-electron chi connectivity index (χ3n) is 3.06. The van der Waals surface area contributed by atoms with Crippen LogP contribution in [0.5, 0.6) is 5.75 Å². The normalized spacial score (nSPS) is 12.3. The molecule has 0 saturated heterocycles. The maximum absolute atomic E-state index is 11.9. The van der Waals surface area contributed by atoms with Crippen LogP contribution in [-0.4, -0.2) is 39.0 Å². The van der Waals surface area contributed by atoms with Crippen LogP contribution in [0.15, 0.2) is 24.3 Å². The Morgan fingerprint density at radius 3 is 2.48 bits per heavy atom. The first-order valence-electron chi connectivity index (χ1n) is 6.81. The smallest absolute Gasteiger partial charge is 0.214 e. The van der Waals surface area contributed by atoms with Gasteiger partial charge >= 0.3 is 0 Å². The van der Waals surface area contributed by atoms with Crippen molar-refractivity contribution in [2.75, 3.05) is 31.2 Å². The largest absolute Gasteiger partial charge is 0.492 e. The molecule has 1 rings (SSSR count). The minimum atomic E-state index is -3.39. The van der Waals surface area contributed by atoms with Gasteiger partial charge in [-0.2, -0.15) is 0 Å². The molecule has 1 aromatic rings. The maximum Gasteiger partial charge on any atom is 0.214 e. The molecule has 0 aliphatic carbocycles. The summed E-state index contributed by atoms with van der Waals surface area (Å²) in [5, 5.41) is 8.91. The molecule has 0 heterocycles. The molecule has 0 radical (unpaired) electrons. The average molecular weight is 316 g/mol. The van der Waals surface area contributed by atoms with Crippen molar-refractivity contribution in [3.63, 3.8) is 0 Å². The van der Waals surface area contributed by atoms with Gasteiger partial charge in [0.25, 0.3) is 0 Å². The Labute approximate surface area is 126 Å². The number of hydrogen-bond acceptors (Lipinski definition) is 5. The molecule has 0 aromatic heterocycles. The minimum Gasteiger partial charge on any atom is -0.492 e. The quantitative estimate of drug-likeness (QED) is 0.589. The third kappa shape index (κ3) is 7.31. The molecule has 7 heteroatoms. The molecule has 0 bridgehead atoms. The molecule has 0 unspecified atom stereocenters. The summed E-state index contributed by atoms with van der Waals surface area (Å²) in [6.07, 6.45) is 0.539. The van der Waals surface area contributed by atoms with Crippen LogP contribution in [0.4, 0.5) is 5.69 Å². The van der Waals surface area contributed by atoms with Gasteiger partial charge in [-0.3, -0.25) is 0 Å². The van der Waals surface area contributed by atoms with Gasteiger partial charge in [-0.1, -0.05) is 13.8 Å². The number of aliphatic hydroxyl groups is 1. The van der Waals surface area contributed by atoms with Gasteiger partial charge < -0.3 is 15.6 Å². The monoisotopic (exact) mass is 316 g/mol. The van der Waals surface area contributed by atoms with Gasteiger partial charge in [0, 0.05) is 18.8 Å². The zero-order chi connectivity index (χ0) is 15.9. The topological polar surface area (TPSA) is 102 Å². The Hall–Kier alpha value is -1.31. The highest BCUT2D eigenvalue weighted by Crippen LogP contribution is 2.18. The molecule has 0 spiro atoms. The molecule has 21 heavy (non-hydrogen) atoms. The number of nitrogen functional groups attached to an aromatic ring is 1. The van der Waals surface area contributed by atoms with E-state index in [2.05, 4.69) is 4.72 Å². The summed E-state index contributed by atoms with van der Waals surface area (Å²) in [6, 6.07) is 6.78. The van der Waals surface area contributed by atoms with E-state index in [0.717, 1.165) is 0 Å². The van der Waals surface area contributed by atoms with E-state index in [0.29, 0.717) is 17.9 Å². The summed E-state index contributed by atoms with van der Waals surface area (Å²) in [6.45, 7) is 4.19. The van der Waals surface area contributed by atoms with Gasteiger partial charge in [0.2, 0.25) is 10.0 Å². The highest BCUT2D eigenvalue weighted by Gasteiger charge is 2.20. The highest BCUT2D eigenvalue weighted by atomic mass is 32.2. The molecule has 0 aliphatic heterocycles. The number of hydrogen-bond donors (Lipinski definition) is 3. The predicted molar refractivity (Wildman–Crippen MR) is 83.6 cm³/mol. The van der Waals surface area contributed by atoms with E-state index >= 15 is 0 Å². The van der Waals surface area contributed by atoms with Crippen molar-refractivity contribution in [1.29, 1.82) is 0 Å². The zero-order valence-corrected chi connectivity index (χ0v) is 13.3. The SMILES string of the molecule is CC(C)(CCO)CNS(=O)(=O)CCOc1ccc(N)cc1. The fourth-order valence-electron chi connectivity index (χ4n) is 1.60. The second kappa shape index (κ2) is 7.63. The lowest BCUT2D eigenvalue weighted by Crippen LogP contribution is -2.37. The zero-order valence-electron chi connectivity index (χ0n) is 12.5. The number of nitrogens with two attached hydrogens (primary N) is 1. The molecule has 0 fully saturated rings. The molecule has 0 aliphatic rings. The van der Waals surface area contributed by atoms with Crippen molar-refractivity contribution >= 4 is 15.7 Å². The van der Waals surface area contributed by atoms with Crippen LogP contribution in [0.2, 0.25) is 0 Å². The number of nitrogens with one attached hydrogen (secondary N) is 1. The van der Waals surface area contributed by atoms with Gasteiger partial charge in [0.05, 0.1) is 5.75 Å². The lowest BCUT2D eigenvalue weighted by atomic mass is 9.90. The van der Waals surface area contributed by atoms with E-state index in [9.17, 15) is 8.42 Å². The molecule has 120 valence electrons. The Morgan fingerprint density at radius 2 is 1.90 bits per heavy atom. The summed E-state index contributed by atoms with van der Waals surface area (Å²) in [4.78, 5) is 0. The number of benzene rings is 1. The Kier molecular flexibility index (Phi) is 6.44. The molecule has 0 atom stereocenters. The molecule has 0 saturated carbocycles. The van der Waals surface area contributed by atoms with Crippen LogP contribution in [0, 0.1) is 5.41 Å². The van der Waals surface area contributed by atoms with Crippen LogP contribution < -0.4 is 15.2 Å². The van der Waals surface area contributed by atoms with Gasteiger partial charge in [-0.15, -0.1) is 0 Å². The first kappa shape index (κ1) is 17.7. The highest BCUT2D eigenvalue weighted by molar-refractivity contribution is 7.89. The number of sulfonamides is 1. The summed E-state index contributed by atoms with van der Waals surface area (Å²) < 4.78 is 31.6. The second-order valence-corrected chi connectivity index (χ2v) is 7.62. The Balaban J connectivity index is 2.37. The van der Waals surface area contributed by atoms with Crippen LogP contribution in [-0.2, 0) is 10.0 Å². The molecule has 6 nitrogen and oxygen atoms in total. The lowest BCUT2D eigenvalue weighted by Gasteiger charge is -2.23. The lowest BCUT2D eigenvalue weighted by molar-refractivity contribution is 0.213. The molecular formula is C14H24N2O4S. The van der Waals surface area contributed by atoms with Gasteiger partial charge in [0.15, 0.2) is 0 Å². The van der Waals surface area contributed by atoms with E-state index in [4.69, 9.17) is 15.6 Å². The van der Waals surface area contributed by atoms with Gasteiger partial charge in [0.1, 0.15) is 12.4 Å². The summed E-state index contributed by atoms with van der Waals surface area (Å²) in [7, 11) is -3.39. The molecule has 0 amide bonds. The molecule has 4 N–H and O–H groups in total. The fraction of sp³-hybridized carbons (Fsp3) is 0.571. The van der Waals surface area contributed by atoms with E-state index < -0.39 is 10.0 Å². The maximum atomic E-state index is 11.9. The molecular weight excluding hydrogens is 292 g/mol. The van der Waals surface area contributed by atoms with Crippen molar-refractivity contribution in [2.24, 2.45) is 5.41 Å². The van der Waals surface area contributed by atoms with Crippen molar-refractivity contribution in [3.8, 4) is 5.75 Å². The van der Waals surface area contributed by atoms with Crippen LogP contribution in [0.3, 0.4) is 0 Å². The van der Waals surface area contributed by atoms with E-state index in [-0.39, 0.29) is 30.9 Å². The van der Waals surface area contributed by atoms with Crippen molar-refractivity contribution < 1.29 is 18.3 Å². The van der Waals surface area contributed by atoms with Crippen LogP contribution in [0.25, 0.3) is 0 Å². The first-order chi connectivity index (χ1) is 9.74. The Bertz CT molecular complexity index is 526. The second-order valence-electron chi connectivity index (χ2n) is 5.70. The number of anilines is 1. The van der Waals surface area contributed by atoms with E-state index in [1.165, 1.54) is 0 Å².